The van der Waals surface area contributed by atoms with Crippen molar-refractivity contribution < 1.29 is 13.2 Å². The van der Waals surface area contributed by atoms with Gasteiger partial charge in [-0.25, -0.2) is 18.1 Å². The third-order valence-electron chi connectivity index (χ3n) is 6.49. The van der Waals surface area contributed by atoms with Crippen LogP contribution in [0.1, 0.15) is 42.7 Å². The molecule has 0 radical (unpaired) electrons. The minimum atomic E-state index is -3.38. The number of nitrogens with one attached hydrogen (secondary N) is 1. The van der Waals surface area contributed by atoms with E-state index < -0.39 is 10.0 Å². The molecule has 0 bridgehead atoms. The number of sulfonamides is 1. The van der Waals surface area contributed by atoms with E-state index in [9.17, 15) is 13.2 Å². The number of imidazole rings is 1. The number of amides is 1. The van der Waals surface area contributed by atoms with Gasteiger partial charge in [-0.05, 0) is 55.8 Å². The summed E-state index contributed by atoms with van der Waals surface area (Å²) in [6.45, 7) is 7.62. The largest absolute Gasteiger partial charge is 0.329 e. The molecule has 1 atom stereocenters. The van der Waals surface area contributed by atoms with Gasteiger partial charge >= 0.3 is 0 Å². The molecule has 4 rings (SSSR count). The fraction of sp³-hybridized carbons (Fsp3) is 0.393. The topological polar surface area (TPSA) is 111 Å². The maximum atomic E-state index is 13.2. The molecule has 0 unspecified atom stereocenters. The summed E-state index contributed by atoms with van der Waals surface area (Å²) in [7, 11) is -1.97. The van der Waals surface area contributed by atoms with Gasteiger partial charge in [0.2, 0.25) is 15.9 Å². The van der Waals surface area contributed by atoms with Crippen molar-refractivity contribution in [3.63, 3.8) is 0 Å². The highest BCUT2D eigenvalue weighted by Gasteiger charge is 2.34. The second kappa shape index (κ2) is 13.3. The standard InChI is InChI=1S/C26H30N6O3S.C2H6/c1-20-4-3-5-23(12-20)32-17-24(10-11-36(34,35)28-2)30(18-26(32)33)16-25-14-29-19-31(25)15-22-8-6-21(13-27)7-9-22;1-2/h3-9,12,14,19,24,28H,10-11,15-18H2,1-2H3;1-2H3/t24-;/m0./s1. The summed E-state index contributed by atoms with van der Waals surface area (Å²) < 4.78 is 28.8. The monoisotopic (exact) mass is 536 g/mol. The molecule has 1 aliphatic rings. The number of rotatable bonds is 9. The second-order valence-electron chi connectivity index (χ2n) is 9.04. The highest BCUT2D eigenvalue weighted by atomic mass is 32.2. The number of carbonyl (C=O) groups is 1. The Labute approximate surface area is 225 Å². The molecule has 1 N–H and O–H groups in total. The molecule has 202 valence electrons. The fourth-order valence-corrected chi connectivity index (χ4v) is 5.21. The van der Waals surface area contributed by atoms with E-state index >= 15 is 0 Å². The predicted octanol–water partition coefficient (Wildman–Crippen LogP) is 3.29. The molecule has 10 heteroatoms. The molecule has 9 nitrogen and oxygen atoms in total. The van der Waals surface area contributed by atoms with Gasteiger partial charge in [0.1, 0.15) is 0 Å². The van der Waals surface area contributed by atoms with Crippen molar-refractivity contribution in [1.82, 2.24) is 19.2 Å². The Morgan fingerprint density at radius 3 is 2.53 bits per heavy atom. The molecule has 0 aliphatic carbocycles. The Hall–Kier alpha value is -3.52. The van der Waals surface area contributed by atoms with Gasteiger partial charge in [0, 0.05) is 37.6 Å². The SMILES string of the molecule is CC.CNS(=O)(=O)CC[C@H]1CN(c2cccc(C)c2)C(=O)CN1Cc1cncn1Cc1ccc(C#N)cc1. The molecule has 1 fully saturated rings. The van der Waals surface area contributed by atoms with Crippen LogP contribution in [-0.4, -0.2) is 60.7 Å². The lowest BCUT2D eigenvalue weighted by molar-refractivity contribution is -0.122. The summed E-state index contributed by atoms with van der Waals surface area (Å²) in [5.74, 6) is -0.0446. The third kappa shape index (κ3) is 7.51. The van der Waals surface area contributed by atoms with Gasteiger partial charge in [0.25, 0.3) is 0 Å². The summed E-state index contributed by atoms with van der Waals surface area (Å²) >= 11 is 0. The number of aromatic nitrogens is 2. The Morgan fingerprint density at radius 1 is 1.13 bits per heavy atom. The van der Waals surface area contributed by atoms with Crippen molar-refractivity contribution in [2.75, 3.05) is 30.8 Å². The van der Waals surface area contributed by atoms with Gasteiger partial charge in [-0.15, -0.1) is 0 Å². The van der Waals surface area contributed by atoms with Crippen LogP contribution in [0.25, 0.3) is 0 Å². The normalized spacial score (nSPS) is 16.0. The first-order chi connectivity index (χ1) is 18.3. The van der Waals surface area contributed by atoms with Crippen molar-refractivity contribution in [2.24, 2.45) is 0 Å². The minimum Gasteiger partial charge on any atom is -0.329 e. The first-order valence-corrected chi connectivity index (χ1v) is 14.4. The van der Waals surface area contributed by atoms with E-state index in [1.807, 2.05) is 66.6 Å². The lowest BCUT2D eigenvalue weighted by Crippen LogP contribution is -2.56. The van der Waals surface area contributed by atoms with Gasteiger partial charge in [-0.1, -0.05) is 38.1 Å². The van der Waals surface area contributed by atoms with E-state index in [-0.39, 0.29) is 24.2 Å². The molecule has 0 saturated carbocycles. The van der Waals surface area contributed by atoms with Crippen LogP contribution in [0, 0.1) is 18.3 Å². The molecule has 1 aliphatic heterocycles. The van der Waals surface area contributed by atoms with Crippen molar-refractivity contribution in [3.05, 3.63) is 83.4 Å². The summed E-state index contributed by atoms with van der Waals surface area (Å²) in [6, 6.07) is 17.2. The highest BCUT2D eigenvalue weighted by Crippen LogP contribution is 2.24. The van der Waals surface area contributed by atoms with Crippen molar-refractivity contribution in [3.8, 4) is 6.07 Å². The smallest absolute Gasteiger partial charge is 0.241 e. The number of anilines is 1. The number of carbonyl (C=O) groups excluding carboxylic acids is 1. The summed E-state index contributed by atoms with van der Waals surface area (Å²) in [5, 5.41) is 9.03. The molecule has 1 aromatic heterocycles. The van der Waals surface area contributed by atoms with Crippen LogP contribution in [-0.2, 0) is 27.9 Å². The average Bonchev–Trinajstić information content (AvgIpc) is 3.36. The van der Waals surface area contributed by atoms with Crippen LogP contribution >= 0.6 is 0 Å². The molecule has 1 amide bonds. The molecular formula is C28H36N6O3S. The first kappa shape index (κ1) is 29.0. The van der Waals surface area contributed by atoms with E-state index in [1.54, 1.807) is 29.6 Å². The van der Waals surface area contributed by atoms with Crippen molar-refractivity contribution >= 4 is 21.6 Å². The second-order valence-corrected chi connectivity index (χ2v) is 11.1. The third-order valence-corrected chi connectivity index (χ3v) is 7.89. The highest BCUT2D eigenvalue weighted by molar-refractivity contribution is 7.89. The zero-order valence-corrected chi connectivity index (χ0v) is 23.3. The Morgan fingerprint density at radius 2 is 1.87 bits per heavy atom. The number of hydrogen-bond acceptors (Lipinski definition) is 6. The summed E-state index contributed by atoms with van der Waals surface area (Å²) in [4.78, 5) is 21.3. The maximum Gasteiger partial charge on any atom is 0.241 e. The molecular weight excluding hydrogens is 500 g/mol. The first-order valence-electron chi connectivity index (χ1n) is 12.8. The van der Waals surface area contributed by atoms with Crippen LogP contribution in [0.4, 0.5) is 5.69 Å². The van der Waals surface area contributed by atoms with Crippen molar-refractivity contribution in [2.45, 2.75) is 46.3 Å². The van der Waals surface area contributed by atoms with Gasteiger partial charge in [-0.3, -0.25) is 9.69 Å². The van der Waals surface area contributed by atoms with Crippen LogP contribution < -0.4 is 9.62 Å². The summed E-state index contributed by atoms with van der Waals surface area (Å²) in [5.41, 5.74) is 4.45. The number of nitriles is 1. The quantitative estimate of drug-likeness (QED) is 0.449. The van der Waals surface area contributed by atoms with Gasteiger partial charge in [0.15, 0.2) is 0 Å². The van der Waals surface area contributed by atoms with Crippen LogP contribution in [0.5, 0.6) is 0 Å². The van der Waals surface area contributed by atoms with E-state index in [0.717, 1.165) is 22.5 Å². The van der Waals surface area contributed by atoms with E-state index in [2.05, 4.69) is 15.8 Å². The predicted molar refractivity (Wildman–Crippen MR) is 149 cm³/mol. The van der Waals surface area contributed by atoms with E-state index in [4.69, 9.17) is 5.26 Å². The van der Waals surface area contributed by atoms with Gasteiger partial charge in [-0.2, -0.15) is 5.26 Å². The lowest BCUT2D eigenvalue weighted by Gasteiger charge is -2.41. The molecule has 2 aromatic carbocycles. The van der Waals surface area contributed by atoms with E-state index in [1.165, 1.54) is 7.05 Å². The molecule has 38 heavy (non-hydrogen) atoms. The van der Waals surface area contributed by atoms with Crippen molar-refractivity contribution in [1.29, 1.82) is 5.26 Å². The summed E-state index contributed by atoms with van der Waals surface area (Å²) in [6.07, 6.45) is 3.92. The Bertz CT molecular complexity index is 1360. The number of hydrogen-bond donors (Lipinski definition) is 1. The zero-order chi connectivity index (χ0) is 27.7. The Kier molecular flexibility index (Phi) is 10.2. The molecule has 3 aromatic rings. The minimum absolute atomic E-state index is 0.0218. The lowest BCUT2D eigenvalue weighted by atomic mass is 10.1. The number of aryl methyl sites for hydroxylation is 1. The molecule has 2 heterocycles. The van der Waals surface area contributed by atoms with Crippen LogP contribution in [0.2, 0.25) is 0 Å². The zero-order valence-electron chi connectivity index (χ0n) is 22.5. The van der Waals surface area contributed by atoms with Crippen LogP contribution in [0.15, 0.2) is 61.1 Å². The van der Waals surface area contributed by atoms with Gasteiger partial charge in [0.05, 0.1) is 36.0 Å². The Balaban J connectivity index is 0.00000195. The fourth-order valence-electron chi connectivity index (χ4n) is 4.43. The molecule has 1 saturated heterocycles. The average molecular weight is 537 g/mol. The molecule has 0 spiro atoms. The number of piperazine rings is 1. The van der Waals surface area contributed by atoms with E-state index in [0.29, 0.717) is 31.6 Å². The number of benzene rings is 2. The van der Waals surface area contributed by atoms with Crippen LogP contribution in [0.3, 0.4) is 0 Å². The number of nitrogens with zero attached hydrogens (tertiary/aromatic N) is 5. The van der Waals surface area contributed by atoms with Gasteiger partial charge < -0.3 is 9.47 Å². The maximum absolute atomic E-state index is 13.2.